The average molecular weight is 257 g/mol. The first-order chi connectivity index (χ1) is 8.80. The zero-order valence-corrected chi connectivity index (χ0v) is 12.3. The molecule has 0 aromatic heterocycles. The van der Waals surface area contributed by atoms with E-state index in [0.29, 0.717) is 0 Å². The van der Waals surface area contributed by atoms with Crippen molar-refractivity contribution in [3.8, 4) is 6.07 Å². The number of aryl methyl sites for hydroxylation is 1. The fraction of sp³-hybridized carbons (Fsp3) is 0.533. The first-order valence-electron chi connectivity index (χ1n) is 6.69. The van der Waals surface area contributed by atoms with Gasteiger partial charge in [0.15, 0.2) is 0 Å². The van der Waals surface area contributed by atoms with Crippen LogP contribution in [0.15, 0.2) is 18.2 Å². The van der Waals surface area contributed by atoms with Crippen LogP contribution in [-0.2, 0) is 15.7 Å². The lowest BCUT2D eigenvalue weighted by atomic mass is 9.77. The van der Waals surface area contributed by atoms with Crippen molar-refractivity contribution in [2.24, 2.45) is 0 Å². The summed E-state index contributed by atoms with van der Waals surface area (Å²) in [6.07, 6.45) is 0.830. The van der Waals surface area contributed by atoms with Crippen molar-refractivity contribution in [2.75, 3.05) is 0 Å². The van der Waals surface area contributed by atoms with Gasteiger partial charge in [-0.05, 0) is 51.2 Å². The summed E-state index contributed by atoms with van der Waals surface area (Å²) in [5.41, 5.74) is 2.07. The van der Waals surface area contributed by atoms with Gasteiger partial charge in [0.1, 0.15) is 0 Å². The number of rotatable bonds is 2. The molecule has 0 amide bonds. The number of benzene rings is 1. The molecular formula is C15H20BNO2. The summed E-state index contributed by atoms with van der Waals surface area (Å²) in [5.74, 6) is 0. The Labute approximate surface area is 115 Å². The molecule has 0 unspecified atom stereocenters. The smallest absolute Gasteiger partial charge is 0.399 e. The largest absolute Gasteiger partial charge is 0.494 e. The minimum Gasteiger partial charge on any atom is -0.399 e. The summed E-state index contributed by atoms with van der Waals surface area (Å²) < 4.78 is 12.0. The van der Waals surface area contributed by atoms with Crippen molar-refractivity contribution in [2.45, 2.75) is 52.2 Å². The van der Waals surface area contributed by atoms with Crippen LogP contribution in [0.25, 0.3) is 0 Å². The van der Waals surface area contributed by atoms with Gasteiger partial charge in [0, 0.05) is 0 Å². The van der Waals surface area contributed by atoms with Crippen LogP contribution in [0.3, 0.4) is 0 Å². The standard InChI is InChI=1S/C15H20BNO2/c1-6-11-9-13(8-7-12(11)10-17)16-18-14(2,3)15(4,5)19-16/h7-9H,6H2,1-5H3. The van der Waals surface area contributed by atoms with Gasteiger partial charge in [-0.2, -0.15) is 5.26 Å². The van der Waals surface area contributed by atoms with Gasteiger partial charge in [-0.25, -0.2) is 0 Å². The van der Waals surface area contributed by atoms with Gasteiger partial charge in [0.2, 0.25) is 0 Å². The first-order valence-corrected chi connectivity index (χ1v) is 6.69. The second-order valence-electron chi connectivity index (χ2n) is 5.97. The number of nitrogens with zero attached hydrogens (tertiary/aromatic N) is 1. The molecule has 1 aliphatic heterocycles. The van der Waals surface area contributed by atoms with Crippen molar-refractivity contribution < 1.29 is 9.31 Å². The third-order valence-electron chi connectivity index (χ3n) is 4.16. The van der Waals surface area contributed by atoms with E-state index in [0.717, 1.165) is 23.0 Å². The summed E-state index contributed by atoms with van der Waals surface area (Å²) in [7, 11) is -0.358. The molecule has 0 bridgehead atoms. The van der Waals surface area contributed by atoms with Gasteiger partial charge in [-0.3, -0.25) is 0 Å². The lowest BCUT2D eigenvalue weighted by Gasteiger charge is -2.32. The zero-order chi connectivity index (χ0) is 14.3. The van der Waals surface area contributed by atoms with E-state index in [9.17, 15) is 0 Å². The van der Waals surface area contributed by atoms with Crippen molar-refractivity contribution in [1.29, 1.82) is 5.26 Å². The molecule has 1 aromatic rings. The third kappa shape index (κ3) is 2.41. The summed E-state index contributed by atoms with van der Waals surface area (Å²) in [4.78, 5) is 0. The van der Waals surface area contributed by atoms with Crippen LogP contribution in [0.4, 0.5) is 0 Å². The topological polar surface area (TPSA) is 42.2 Å². The maximum absolute atomic E-state index is 9.06. The summed E-state index contributed by atoms with van der Waals surface area (Å²) in [6, 6.07) is 7.99. The molecule has 4 heteroatoms. The van der Waals surface area contributed by atoms with E-state index in [-0.39, 0.29) is 18.3 Å². The molecule has 1 fully saturated rings. The normalized spacial score (nSPS) is 20.3. The second kappa shape index (κ2) is 4.66. The van der Waals surface area contributed by atoms with Gasteiger partial charge in [0.25, 0.3) is 0 Å². The molecule has 1 heterocycles. The lowest BCUT2D eigenvalue weighted by Crippen LogP contribution is -2.41. The van der Waals surface area contributed by atoms with E-state index in [4.69, 9.17) is 14.6 Å². The predicted octanol–water partition coefficient (Wildman–Crippen LogP) is 2.42. The molecular weight excluding hydrogens is 237 g/mol. The Morgan fingerprint density at radius 2 is 1.74 bits per heavy atom. The molecule has 100 valence electrons. The fourth-order valence-corrected chi connectivity index (χ4v) is 2.14. The number of hydrogen-bond donors (Lipinski definition) is 0. The van der Waals surface area contributed by atoms with Crippen molar-refractivity contribution >= 4 is 12.6 Å². The maximum atomic E-state index is 9.06. The Bertz CT molecular complexity index is 515. The van der Waals surface area contributed by atoms with Crippen molar-refractivity contribution in [3.63, 3.8) is 0 Å². The SMILES string of the molecule is CCc1cc(B2OC(C)(C)C(C)(C)O2)ccc1C#N. The molecule has 0 spiro atoms. The average Bonchev–Trinajstić information content (AvgIpc) is 2.57. The Kier molecular flexibility index (Phi) is 3.46. The van der Waals surface area contributed by atoms with Gasteiger partial charge in [-0.1, -0.05) is 19.1 Å². The van der Waals surface area contributed by atoms with E-state index in [1.165, 1.54) is 0 Å². The summed E-state index contributed by atoms with van der Waals surface area (Å²) in [6.45, 7) is 10.2. The summed E-state index contributed by atoms with van der Waals surface area (Å²) in [5, 5.41) is 9.06. The van der Waals surface area contributed by atoms with E-state index in [2.05, 4.69) is 6.07 Å². The number of hydrogen-bond acceptors (Lipinski definition) is 3. The Morgan fingerprint density at radius 1 is 1.16 bits per heavy atom. The van der Waals surface area contributed by atoms with Crippen LogP contribution < -0.4 is 5.46 Å². The van der Waals surface area contributed by atoms with Crippen LogP contribution in [0.5, 0.6) is 0 Å². The van der Waals surface area contributed by atoms with E-state index in [1.54, 1.807) is 0 Å². The van der Waals surface area contributed by atoms with E-state index >= 15 is 0 Å². The molecule has 19 heavy (non-hydrogen) atoms. The Morgan fingerprint density at radius 3 is 2.21 bits per heavy atom. The molecule has 0 aliphatic carbocycles. The Hall–Kier alpha value is -1.31. The van der Waals surface area contributed by atoms with Crippen LogP contribution >= 0.6 is 0 Å². The molecule has 1 aromatic carbocycles. The monoisotopic (exact) mass is 257 g/mol. The quantitative estimate of drug-likeness (QED) is 0.764. The van der Waals surface area contributed by atoms with E-state index < -0.39 is 0 Å². The van der Waals surface area contributed by atoms with Crippen molar-refractivity contribution in [3.05, 3.63) is 29.3 Å². The maximum Gasteiger partial charge on any atom is 0.494 e. The number of nitriles is 1. The lowest BCUT2D eigenvalue weighted by molar-refractivity contribution is 0.00578. The molecule has 0 atom stereocenters. The molecule has 3 nitrogen and oxygen atoms in total. The molecule has 1 saturated heterocycles. The third-order valence-corrected chi connectivity index (χ3v) is 4.16. The van der Waals surface area contributed by atoms with Crippen molar-refractivity contribution in [1.82, 2.24) is 0 Å². The molecule has 1 aliphatic rings. The van der Waals surface area contributed by atoms with Crippen LogP contribution in [0.1, 0.15) is 45.7 Å². The van der Waals surface area contributed by atoms with Gasteiger partial charge in [-0.15, -0.1) is 0 Å². The minimum absolute atomic E-state index is 0.335. The van der Waals surface area contributed by atoms with Crippen LogP contribution in [0, 0.1) is 11.3 Å². The van der Waals surface area contributed by atoms with Crippen LogP contribution in [-0.4, -0.2) is 18.3 Å². The van der Waals surface area contributed by atoms with Gasteiger partial charge in [0.05, 0.1) is 22.8 Å². The first kappa shape index (κ1) is 14.1. The van der Waals surface area contributed by atoms with Gasteiger partial charge >= 0.3 is 7.12 Å². The highest BCUT2D eigenvalue weighted by atomic mass is 16.7. The predicted molar refractivity (Wildman–Crippen MR) is 76.3 cm³/mol. The molecule has 0 saturated carbocycles. The zero-order valence-electron chi connectivity index (χ0n) is 12.3. The highest BCUT2D eigenvalue weighted by molar-refractivity contribution is 6.62. The van der Waals surface area contributed by atoms with Gasteiger partial charge < -0.3 is 9.31 Å². The highest BCUT2D eigenvalue weighted by Crippen LogP contribution is 2.36. The fourth-order valence-electron chi connectivity index (χ4n) is 2.14. The molecule has 0 N–H and O–H groups in total. The Balaban J connectivity index is 2.33. The highest BCUT2D eigenvalue weighted by Gasteiger charge is 2.51. The minimum atomic E-state index is -0.358. The molecule has 0 radical (unpaired) electrons. The van der Waals surface area contributed by atoms with Crippen LogP contribution in [0.2, 0.25) is 0 Å². The summed E-state index contributed by atoms with van der Waals surface area (Å²) >= 11 is 0. The second-order valence-corrected chi connectivity index (χ2v) is 5.97. The molecule has 2 rings (SSSR count). The van der Waals surface area contributed by atoms with E-state index in [1.807, 2.05) is 52.8 Å².